The number of nitrogens with zero attached hydrogens (tertiary/aromatic N) is 1. The van der Waals surface area contributed by atoms with E-state index in [0.29, 0.717) is 17.7 Å². The monoisotopic (exact) mass is 343 g/mol. The third-order valence-corrected chi connectivity index (χ3v) is 5.28. The zero-order valence-electron chi connectivity index (χ0n) is 13.7. The normalized spacial score (nSPS) is 17.0. The number of amides is 1. The molecule has 1 aliphatic heterocycles. The van der Waals surface area contributed by atoms with Crippen molar-refractivity contribution in [3.63, 3.8) is 0 Å². The van der Waals surface area contributed by atoms with E-state index < -0.39 is 0 Å². The van der Waals surface area contributed by atoms with E-state index in [-0.39, 0.29) is 24.3 Å². The summed E-state index contributed by atoms with van der Waals surface area (Å²) in [5.41, 5.74) is 0.675. The summed E-state index contributed by atoms with van der Waals surface area (Å²) in [6.07, 6.45) is 2.53. The molecule has 2 aromatic rings. The van der Waals surface area contributed by atoms with Crippen LogP contribution >= 0.6 is 11.3 Å². The number of likely N-dealkylation sites (tertiary alicyclic amines) is 1. The number of benzene rings is 1. The van der Waals surface area contributed by atoms with E-state index in [1.807, 2.05) is 23.3 Å². The summed E-state index contributed by atoms with van der Waals surface area (Å²) >= 11 is 1.70. The molecule has 1 atom stereocenters. The van der Waals surface area contributed by atoms with Crippen LogP contribution in [0.4, 0.5) is 0 Å². The fraction of sp³-hybridized carbons (Fsp3) is 0.368. The Kier molecular flexibility index (Phi) is 5.30. The highest BCUT2D eigenvalue weighted by atomic mass is 32.1. The summed E-state index contributed by atoms with van der Waals surface area (Å²) in [5.74, 6) is 0.732. The van der Waals surface area contributed by atoms with Gasteiger partial charge in [0, 0.05) is 23.4 Å². The number of hydrogen-bond acceptors (Lipinski definition) is 4. The maximum absolute atomic E-state index is 12.5. The first-order valence-corrected chi connectivity index (χ1v) is 9.16. The summed E-state index contributed by atoms with van der Waals surface area (Å²) in [5, 5.41) is 2.05. The first-order valence-electron chi connectivity index (χ1n) is 8.28. The third kappa shape index (κ3) is 3.67. The van der Waals surface area contributed by atoms with Gasteiger partial charge in [-0.2, -0.15) is 0 Å². The van der Waals surface area contributed by atoms with Gasteiger partial charge in [-0.3, -0.25) is 9.59 Å². The molecule has 0 saturated carbocycles. The number of Topliss-reactive ketones (excluding diaryl/α,β-unsaturated/α-hetero) is 1. The van der Waals surface area contributed by atoms with Crippen LogP contribution in [0.3, 0.4) is 0 Å². The van der Waals surface area contributed by atoms with Crippen LogP contribution in [0.2, 0.25) is 0 Å². The van der Waals surface area contributed by atoms with Gasteiger partial charge in [0.1, 0.15) is 5.75 Å². The number of rotatable bonds is 6. The zero-order valence-corrected chi connectivity index (χ0v) is 14.6. The SMILES string of the molecule is CCC(=O)c1ccc(OCC(=O)N2CCCC2c2cccs2)cc1. The Hall–Kier alpha value is -2.14. The quantitative estimate of drug-likeness (QED) is 0.742. The molecule has 0 spiro atoms. The van der Waals surface area contributed by atoms with Gasteiger partial charge >= 0.3 is 0 Å². The second-order valence-corrected chi connectivity index (χ2v) is 6.83. The van der Waals surface area contributed by atoms with Crippen molar-refractivity contribution in [2.45, 2.75) is 32.2 Å². The molecule has 3 rings (SSSR count). The van der Waals surface area contributed by atoms with E-state index in [1.54, 1.807) is 35.6 Å². The summed E-state index contributed by atoms with van der Waals surface area (Å²) in [6, 6.07) is 11.3. The summed E-state index contributed by atoms with van der Waals surface area (Å²) in [4.78, 5) is 27.3. The molecule has 5 heteroatoms. The highest BCUT2D eigenvalue weighted by Crippen LogP contribution is 2.34. The van der Waals surface area contributed by atoms with Gasteiger partial charge in [0.2, 0.25) is 0 Å². The molecule has 1 unspecified atom stereocenters. The number of ketones is 1. The molecule has 1 amide bonds. The van der Waals surface area contributed by atoms with Gasteiger partial charge in [-0.1, -0.05) is 13.0 Å². The standard InChI is InChI=1S/C19H21NO3S/c1-2-17(21)14-7-9-15(10-8-14)23-13-19(22)20-11-3-5-16(20)18-6-4-12-24-18/h4,6-10,12,16H,2-3,5,11,13H2,1H3. The topological polar surface area (TPSA) is 46.6 Å². The molecule has 126 valence electrons. The minimum atomic E-state index is 0.0135. The first-order chi connectivity index (χ1) is 11.7. The maximum Gasteiger partial charge on any atom is 0.261 e. The molecule has 1 aromatic heterocycles. The van der Waals surface area contributed by atoms with Gasteiger partial charge in [0.15, 0.2) is 12.4 Å². The minimum absolute atomic E-state index is 0.0135. The molecule has 24 heavy (non-hydrogen) atoms. The lowest BCUT2D eigenvalue weighted by atomic mass is 10.1. The van der Waals surface area contributed by atoms with Crippen LogP contribution in [-0.4, -0.2) is 29.7 Å². The van der Waals surface area contributed by atoms with Crippen LogP contribution < -0.4 is 4.74 Å². The lowest BCUT2D eigenvalue weighted by molar-refractivity contribution is -0.134. The fourth-order valence-corrected chi connectivity index (χ4v) is 3.88. The number of carbonyl (C=O) groups excluding carboxylic acids is 2. The van der Waals surface area contributed by atoms with E-state index >= 15 is 0 Å². The lowest BCUT2D eigenvalue weighted by Crippen LogP contribution is -2.34. The van der Waals surface area contributed by atoms with Gasteiger partial charge < -0.3 is 9.64 Å². The van der Waals surface area contributed by atoms with Crippen molar-refractivity contribution in [3.05, 3.63) is 52.2 Å². The van der Waals surface area contributed by atoms with Crippen LogP contribution in [0.15, 0.2) is 41.8 Å². The number of carbonyl (C=O) groups is 2. The number of ether oxygens (including phenoxy) is 1. The van der Waals surface area contributed by atoms with Gasteiger partial charge in [-0.25, -0.2) is 0 Å². The van der Waals surface area contributed by atoms with Crippen molar-refractivity contribution < 1.29 is 14.3 Å². The van der Waals surface area contributed by atoms with E-state index in [0.717, 1.165) is 19.4 Å². The van der Waals surface area contributed by atoms with Gasteiger partial charge in [-0.15, -0.1) is 11.3 Å². The van der Waals surface area contributed by atoms with Crippen molar-refractivity contribution in [3.8, 4) is 5.75 Å². The smallest absolute Gasteiger partial charge is 0.261 e. The lowest BCUT2D eigenvalue weighted by Gasteiger charge is -2.24. The van der Waals surface area contributed by atoms with Crippen LogP contribution in [-0.2, 0) is 4.79 Å². The summed E-state index contributed by atoms with van der Waals surface area (Å²) in [7, 11) is 0. The predicted octanol–water partition coefficient (Wildman–Crippen LogP) is 4.08. The Balaban J connectivity index is 1.58. The van der Waals surface area contributed by atoms with E-state index in [1.165, 1.54) is 4.88 Å². The molecule has 1 aromatic carbocycles. The molecule has 1 aliphatic rings. The predicted molar refractivity (Wildman–Crippen MR) is 94.6 cm³/mol. The molecule has 0 bridgehead atoms. The third-order valence-electron chi connectivity index (χ3n) is 4.30. The summed E-state index contributed by atoms with van der Waals surface area (Å²) < 4.78 is 5.62. The largest absolute Gasteiger partial charge is 0.484 e. The minimum Gasteiger partial charge on any atom is -0.484 e. The molecular formula is C19H21NO3S. The Bertz CT molecular complexity index is 694. The molecule has 2 heterocycles. The average Bonchev–Trinajstić information content (AvgIpc) is 3.30. The van der Waals surface area contributed by atoms with Crippen LogP contribution in [0.1, 0.15) is 47.5 Å². The Morgan fingerprint density at radius 1 is 1.25 bits per heavy atom. The van der Waals surface area contributed by atoms with Crippen LogP contribution in [0.5, 0.6) is 5.75 Å². The van der Waals surface area contributed by atoms with Crippen LogP contribution in [0.25, 0.3) is 0 Å². The van der Waals surface area contributed by atoms with E-state index in [4.69, 9.17) is 4.74 Å². The molecule has 0 aliphatic carbocycles. The van der Waals surface area contributed by atoms with Gasteiger partial charge in [0.05, 0.1) is 6.04 Å². The highest BCUT2D eigenvalue weighted by Gasteiger charge is 2.30. The second-order valence-electron chi connectivity index (χ2n) is 5.85. The molecule has 4 nitrogen and oxygen atoms in total. The van der Waals surface area contributed by atoms with E-state index in [2.05, 4.69) is 6.07 Å². The van der Waals surface area contributed by atoms with Gasteiger partial charge in [-0.05, 0) is 48.6 Å². The van der Waals surface area contributed by atoms with Crippen molar-refractivity contribution in [2.75, 3.05) is 13.2 Å². The Labute approximate surface area is 146 Å². The van der Waals surface area contributed by atoms with Crippen molar-refractivity contribution in [2.24, 2.45) is 0 Å². The fourth-order valence-electron chi connectivity index (χ4n) is 3.01. The number of hydrogen-bond donors (Lipinski definition) is 0. The highest BCUT2D eigenvalue weighted by molar-refractivity contribution is 7.10. The zero-order chi connectivity index (χ0) is 16.9. The molecule has 1 saturated heterocycles. The number of thiophene rings is 1. The summed E-state index contributed by atoms with van der Waals surface area (Å²) in [6.45, 7) is 2.66. The van der Waals surface area contributed by atoms with Crippen molar-refractivity contribution in [1.82, 2.24) is 4.90 Å². The molecule has 0 radical (unpaired) electrons. The molecule has 0 N–H and O–H groups in total. The van der Waals surface area contributed by atoms with Gasteiger partial charge in [0.25, 0.3) is 5.91 Å². The average molecular weight is 343 g/mol. The Morgan fingerprint density at radius 2 is 2.04 bits per heavy atom. The van der Waals surface area contributed by atoms with E-state index in [9.17, 15) is 9.59 Å². The Morgan fingerprint density at radius 3 is 2.71 bits per heavy atom. The van der Waals surface area contributed by atoms with Crippen molar-refractivity contribution in [1.29, 1.82) is 0 Å². The first kappa shape index (κ1) is 16.7. The molecule has 1 fully saturated rings. The van der Waals surface area contributed by atoms with Crippen LogP contribution in [0, 0.1) is 0 Å². The molecular weight excluding hydrogens is 322 g/mol. The second kappa shape index (κ2) is 7.62. The van der Waals surface area contributed by atoms with Crippen molar-refractivity contribution >= 4 is 23.0 Å². The maximum atomic E-state index is 12.5.